The van der Waals surface area contributed by atoms with Crippen molar-refractivity contribution in [3.05, 3.63) is 42.7 Å². The van der Waals surface area contributed by atoms with Gasteiger partial charge in [0.2, 0.25) is 11.0 Å². The lowest BCUT2D eigenvalue weighted by Gasteiger charge is -2.39. The lowest BCUT2D eigenvalue weighted by atomic mass is 9.98. The van der Waals surface area contributed by atoms with Gasteiger partial charge >= 0.3 is 0 Å². The van der Waals surface area contributed by atoms with Crippen molar-refractivity contribution < 1.29 is 9.59 Å². The Hall–Kier alpha value is -2.41. The third kappa shape index (κ3) is 3.37. The minimum atomic E-state index is -0.310. The van der Waals surface area contributed by atoms with Crippen molar-refractivity contribution >= 4 is 28.6 Å². The summed E-state index contributed by atoms with van der Waals surface area (Å²) in [6.07, 6.45) is 2.29. The highest BCUT2D eigenvalue weighted by atomic mass is 32.2. The van der Waals surface area contributed by atoms with E-state index in [1.807, 2.05) is 36.4 Å². The molecule has 4 rings (SSSR count). The second kappa shape index (κ2) is 6.84. The highest BCUT2D eigenvalue weighted by Crippen LogP contribution is 2.27. The summed E-state index contributed by atoms with van der Waals surface area (Å²) in [5.74, 6) is 1.50. The van der Waals surface area contributed by atoms with E-state index in [1.54, 1.807) is 6.33 Å². The summed E-state index contributed by atoms with van der Waals surface area (Å²) in [5.41, 5.74) is 1.91. The molecule has 3 heterocycles. The number of hydrogen-bond acceptors (Lipinski definition) is 6. The Morgan fingerprint density at radius 2 is 2.00 bits per heavy atom. The van der Waals surface area contributed by atoms with Crippen LogP contribution in [0.5, 0.6) is 0 Å². The molecule has 2 saturated heterocycles. The Morgan fingerprint density at radius 3 is 2.72 bits per heavy atom. The molecule has 1 amide bonds. The summed E-state index contributed by atoms with van der Waals surface area (Å²) >= 11 is 1.30. The summed E-state index contributed by atoms with van der Waals surface area (Å²) in [6, 6.07) is 11.6. The van der Waals surface area contributed by atoms with Gasteiger partial charge in [-0.15, -0.1) is 0 Å². The summed E-state index contributed by atoms with van der Waals surface area (Å²) in [4.78, 5) is 34.6. The van der Waals surface area contributed by atoms with Crippen LogP contribution < -0.4 is 10.2 Å². The number of benzene rings is 1. The van der Waals surface area contributed by atoms with Crippen molar-refractivity contribution in [3.8, 4) is 11.3 Å². The fourth-order valence-electron chi connectivity index (χ4n) is 3.03. The maximum atomic E-state index is 12.3. The number of rotatable bonds is 4. The molecule has 6 nitrogen and oxygen atoms in total. The van der Waals surface area contributed by atoms with Crippen LogP contribution in [-0.4, -0.2) is 45.9 Å². The number of carbonyl (C=O) groups is 2. The zero-order valence-electron chi connectivity index (χ0n) is 13.6. The summed E-state index contributed by atoms with van der Waals surface area (Å²) in [7, 11) is 0. The molecule has 1 atom stereocenters. The molecule has 1 aromatic carbocycles. The Labute approximate surface area is 150 Å². The molecule has 0 bridgehead atoms. The van der Waals surface area contributed by atoms with Crippen LogP contribution in [-0.2, 0) is 9.59 Å². The molecule has 1 unspecified atom stereocenters. The molecular formula is C18H18N4O2S. The third-order valence-electron chi connectivity index (χ3n) is 4.55. The first-order valence-corrected chi connectivity index (χ1v) is 9.29. The minimum Gasteiger partial charge on any atom is -0.355 e. The summed E-state index contributed by atoms with van der Waals surface area (Å²) in [5, 5.41) is 2.95. The normalized spacial score (nSPS) is 20.4. The van der Waals surface area contributed by atoms with E-state index in [0.29, 0.717) is 13.1 Å². The smallest absolute Gasteiger partial charge is 0.227 e. The van der Waals surface area contributed by atoms with Crippen molar-refractivity contribution in [2.45, 2.75) is 12.5 Å². The lowest BCUT2D eigenvalue weighted by molar-refractivity contribution is -0.128. The van der Waals surface area contributed by atoms with Crippen molar-refractivity contribution in [2.24, 2.45) is 5.92 Å². The van der Waals surface area contributed by atoms with Gasteiger partial charge in [-0.05, 0) is 6.42 Å². The second-order valence-electron chi connectivity index (χ2n) is 6.25. The number of thioether (sulfide) groups is 1. The molecule has 2 fully saturated rings. The number of hydrogen-bond donors (Lipinski definition) is 1. The third-order valence-corrected chi connectivity index (χ3v) is 5.56. The van der Waals surface area contributed by atoms with Gasteiger partial charge in [0.25, 0.3) is 0 Å². The van der Waals surface area contributed by atoms with Gasteiger partial charge in [0.15, 0.2) is 0 Å². The molecule has 128 valence electrons. The van der Waals surface area contributed by atoms with Gasteiger partial charge in [0.05, 0.1) is 17.7 Å². The maximum Gasteiger partial charge on any atom is 0.227 e. The van der Waals surface area contributed by atoms with Gasteiger partial charge in [-0.1, -0.05) is 42.1 Å². The molecule has 2 aliphatic rings. The molecule has 0 spiro atoms. The largest absolute Gasteiger partial charge is 0.355 e. The summed E-state index contributed by atoms with van der Waals surface area (Å²) in [6.45, 7) is 1.23. The summed E-state index contributed by atoms with van der Waals surface area (Å²) < 4.78 is 0. The van der Waals surface area contributed by atoms with E-state index in [-0.39, 0.29) is 23.0 Å². The van der Waals surface area contributed by atoms with Crippen LogP contribution in [0.3, 0.4) is 0 Å². The molecule has 0 saturated carbocycles. The van der Waals surface area contributed by atoms with Gasteiger partial charge in [-0.2, -0.15) is 0 Å². The van der Waals surface area contributed by atoms with Crippen molar-refractivity contribution in [3.63, 3.8) is 0 Å². The second-order valence-corrected chi connectivity index (χ2v) is 7.35. The number of nitrogens with zero attached hydrogens (tertiary/aromatic N) is 3. The number of amides is 1. The first kappa shape index (κ1) is 16.1. The first-order chi connectivity index (χ1) is 12.2. The number of anilines is 1. The molecule has 1 aromatic heterocycles. The van der Waals surface area contributed by atoms with E-state index < -0.39 is 0 Å². The number of carbonyl (C=O) groups excluding carboxylic acids is 2. The predicted molar refractivity (Wildman–Crippen MR) is 97.2 cm³/mol. The van der Waals surface area contributed by atoms with Crippen molar-refractivity contribution in [1.82, 2.24) is 15.3 Å². The molecule has 7 heteroatoms. The van der Waals surface area contributed by atoms with Gasteiger partial charge < -0.3 is 10.2 Å². The van der Waals surface area contributed by atoms with E-state index in [4.69, 9.17) is 0 Å². The zero-order chi connectivity index (χ0) is 17.2. The molecule has 0 radical (unpaired) electrons. The molecular weight excluding hydrogens is 336 g/mol. The number of aromatic nitrogens is 2. The molecule has 2 aliphatic heterocycles. The molecule has 25 heavy (non-hydrogen) atoms. The lowest BCUT2D eigenvalue weighted by Crippen LogP contribution is -2.55. The van der Waals surface area contributed by atoms with Crippen molar-refractivity contribution in [1.29, 1.82) is 0 Å². The van der Waals surface area contributed by atoms with Crippen LogP contribution >= 0.6 is 11.8 Å². The zero-order valence-corrected chi connectivity index (χ0v) is 14.4. The average molecular weight is 354 g/mol. The molecule has 2 aromatic rings. The van der Waals surface area contributed by atoms with Crippen LogP contribution in [0.25, 0.3) is 11.3 Å². The topological polar surface area (TPSA) is 75.2 Å². The van der Waals surface area contributed by atoms with Gasteiger partial charge in [-0.25, -0.2) is 9.97 Å². The van der Waals surface area contributed by atoms with Crippen molar-refractivity contribution in [2.75, 3.05) is 23.7 Å². The predicted octanol–water partition coefficient (Wildman–Crippen LogP) is 1.73. The minimum absolute atomic E-state index is 0.0329. The SMILES string of the molecule is O=C(NC1CCSC1=O)C1CN(c2cc(-c3ccccc3)ncn2)C1. The van der Waals surface area contributed by atoms with Crippen LogP contribution in [0.4, 0.5) is 5.82 Å². The van der Waals surface area contributed by atoms with Gasteiger partial charge in [0.1, 0.15) is 12.1 Å². The Bertz CT molecular complexity index is 793. The maximum absolute atomic E-state index is 12.3. The highest BCUT2D eigenvalue weighted by Gasteiger charge is 2.36. The average Bonchev–Trinajstić information content (AvgIpc) is 2.99. The number of nitrogens with one attached hydrogen (secondary N) is 1. The Balaban J connectivity index is 1.37. The Morgan fingerprint density at radius 1 is 1.20 bits per heavy atom. The van der Waals surface area contributed by atoms with Crippen LogP contribution in [0.2, 0.25) is 0 Å². The van der Waals surface area contributed by atoms with E-state index in [2.05, 4.69) is 20.2 Å². The fourth-order valence-corrected chi connectivity index (χ4v) is 3.97. The quantitative estimate of drug-likeness (QED) is 0.901. The molecule has 0 aliphatic carbocycles. The fraction of sp³-hybridized carbons (Fsp3) is 0.333. The Kier molecular flexibility index (Phi) is 4.40. The highest BCUT2D eigenvalue weighted by molar-refractivity contribution is 8.14. The monoisotopic (exact) mass is 354 g/mol. The first-order valence-electron chi connectivity index (χ1n) is 8.30. The van der Waals surface area contributed by atoms with Crippen LogP contribution in [0, 0.1) is 5.92 Å². The standard InChI is InChI=1S/C18H18N4O2S/c23-17(21-14-6-7-25-18(14)24)13-9-22(10-13)16-8-15(19-11-20-16)12-4-2-1-3-5-12/h1-5,8,11,13-14H,6-7,9-10H2,(H,21,23). The van der Waals surface area contributed by atoms with E-state index in [0.717, 1.165) is 29.2 Å². The van der Waals surface area contributed by atoms with E-state index in [9.17, 15) is 9.59 Å². The van der Waals surface area contributed by atoms with Gasteiger partial charge in [0, 0.05) is 30.5 Å². The van der Waals surface area contributed by atoms with Gasteiger partial charge in [-0.3, -0.25) is 9.59 Å². The van der Waals surface area contributed by atoms with Crippen LogP contribution in [0.15, 0.2) is 42.7 Å². The van der Waals surface area contributed by atoms with Crippen LogP contribution in [0.1, 0.15) is 6.42 Å². The van der Waals surface area contributed by atoms with E-state index in [1.165, 1.54) is 11.8 Å². The van der Waals surface area contributed by atoms with E-state index >= 15 is 0 Å². The molecule has 1 N–H and O–H groups in total.